The smallest absolute Gasteiger partial charge is 0.281 e. The maximum atomic E-state index is 15.0. The van der Waals surface area contributed by atoms with Crippen LogP contribution in [0.15, 0.2) is 36.4 Å². The molecule has 1 atom stereocenters. The van der Waals surface area contributed by atoms with Gasteiger partial charge in [0.2, 0.25) is 11.8 Å². The number of carbonyl (C=O) groups excluding carboxylic acids is 3. The molecule has 2 aromatic rings. The SMILES string of the molecule is CC[C@@H]1NC(=O)CCCN(S(=O)(=O)N(C)C(C)C)CCCNC(=O)c2ccc(OC)c(c2)Oc2ccc(cc2F)CNC1=O. The fourth-order valence-corrected chi connectivity index (χ4v) is 6.07. The van der Waals surface area contributed by atoms with Crippen LogP contribution in [-0.4, -0.2) is 80.6 Å². The standard InChI is InChI=1S/C30H42FN5O7S/c1-6-24-30(39)33-19-21-10-12-25(23(31)17-21)43-27-18-22(11-13-26(27)42-5)29(38)32-14-8-16-36(15-7-9-28(37)34-24)44(40,41)35(4)20(2)3/h10-13,17-18,20,24H,6-9,14-16,19H2,1-5H3,(H,32,38)(H,33,39)(H,34,37)/t24-/m0/s1. The van der Waals surface area contributed by atoms with Crippen molar-refractivity contribution in [2.45, 2.75) is 65.1 Å². The Morgan fingerprint density at radius 2 is 1.80 bits per heavy atom. The number of benzene rings is 2. The monoisotopic (exact) mass is 635 g/mol. The molecule has 14 heteroatoms. The molecule has 0 fully saturated rings. The summed E-state index contributed by atoms with van der Waals surface area (Å²) in [5.74, 6) is -1.65. The molecule has 3 N–H and O–H groups in total. The molecule has 4 bridgehead atoms. The molecule has 0 unspecified atom stereocenters. The maximum absolute atomic E-state index is 15.0. The number of nitrogens with one attached hydrogen (secondary N) is 3. The number of hydrogen-bond donors (Lipinski definition) is 3. The number of nitrogens with zero attached hydrogens (tertiary/aromatic N) is 2. The van der Waals surface area contributed by atoms with Crippen LogP contribution in [0.2, 0.25) is 0 Å². The lowest BCUT2D eigenvalue weighted by atomic mass is 10.1. The van der Waals surface area contributed by atoms with Crippen molar-refractivity contribution in [3.8, 4) is 17.2 Å². The molecule has 0 aromatic heterocycles. The molecule has 2 aliphatic heterocycles. The zero-order valence-corrected chi connectivity index (χ0v) is 26.6. The summed E-state index contributed by atoms with van der Waals surface area (Å²) in [6.45, 7) is 5.63. The van der Waals surface area contributed by atoms with Gasteiger partial charge < -0.3 is 25.4 Å². The first kappa shape index (κ1) is 34.7. The minimum atomic E-state index is -3.84. The van der Waals surface area contributed by atoms with E-state index in [1.54, 1.807) is 26.8 Å². The summed E-state index contributed by atoms with van der Waals surface area (Å²) in [6, 6.07) is 7.62. The summed E-state index contributed by atoms with van der Waals surface area (Å²) in [7, 11) is -0.931. The third-order valence-corrected chi connectivity index (χ3v) is 9.43. The number of amides is 3. The minimum absolute atomic E-state index is 0.00437. The molecule has 0 aliphatic carbocycles. The predicted octanol–water partition coefficient (Wildman–Crippen LogP) is 2.94. The molecule has 0 radical (unpaired) electrons. The maximum Gasteiger partial charge on any atom is 0.281 e. The fraction of sp³-hybridized carbons (Fsp3) is 0.500. The van der Waals surface area contributed by atoms with E-state index in [2.05, 4.69) is 16.0 Å². The summed E-state index contributed by atoms with van der Waals surface area (Å²) >= 11 is 0. The highest BCUT2D eigenvalue weighted by Gasteiger charge is 2.28. The second-order valence-corrected chi connectivity index (χ2v) is 12.7. The van der Waals surface area contributed by atoms with E-state index >= 15 is 0 Å². The first-order chi connectivity index (χ1) is 20.9. The molecule has 4 rings (SSSR count). The van der Waals surface area contributed by atoms with Gasteiger partial charge in [0.25, 0.3) is 16.1 Å². The first-order valence-corrected chi connectivity index (χ1v) is 16.0. The molecule has 2 aliphatic rings. The summed E-state index contributed by atoms with van der Waals surface area (Å²) in [6.07, 6.45) is 0.856. The Bertz CT molecular complexity index is 1440. The van der Waals surface area contributed by atoms with Crippen LogP contribution >= 0.6 is 0 Å². The highest BCUT2D eigenvalue weighted by molar-refractivity contribution is 7.86. The van der Waals surface area contributed by atoms with E-state index in [0.29, 0.717) is 18.4 Å². The van der Waals surface area contributed by atoms with Gasteiger partial charge >= 0.3 is 0 Å². The Balaban J connectivity index is 1.89. The average Bonchev–Trinajstić information content (AvgIpc) is 2.99. The minimum Gasteiger partial charge on any atom is -0.493 e. The molecule has 2 heterocycles. The summed E-state index contributed by atoms with van der Waals surface area (Å²) in [5, 5.41) is 8.19. The van der Waals surface area contributed by atoms with Gasteiger partial charge in [0.15, 0.2) is 23.1 Å². The molecule has 44 heavy (non-hydrogen) atoms. The van der Waals surface area contributed by atoms with Gasteiger partial charge in [-0.25, -0.2) is 4.39 Å². The largest absolute Gasteiger partial charge is 0.493 e. The zero-order valence-electron chi connectivity index (χ0n) is 25.8. The molecule has 12 nitrogen and oxygen atoms in total. The summed E-state index contributed by atoms with van der Waals surface area (Å²) in [5.41, 5.74) is 0.704. The van der Waals surface area contributed by atoms with Crippen molar-refractivity contribution in [2.24, 2.45) is 0 Å². The van der Waals surface area contributed by atoms with Crippen LogP contribution in [0, 0.1) is 5.82 Å². The average molecular weight is 636 g/mol. The highest BCUT2D eigenvalue weighted by atomic mass is 32.2. The molecule has 0 spiro atoms. The van der Waals surface area contributed by atoms with Gasteiger partial charge in [-0.15, -0.1) is 0 Å². The van der Waals surface area contributed by atoms with Gasteiger partial charge in [-0.2, -0.15) is 17.0 Å². The van der Waals surface area contributed by atoms with E-state index in [0.717, 1.165) is 0 Å². The van der Waals surface area contributed by atoms with E-state index in [1.807, 2.05) is 0 Å². The highest BCUT2D eigenvalue weighted by Crippen LogP contribution is 2.34. The van der Waals surface area contributed by atoms with Crippen molar-refractivity contribution in [1.82, 2.24) is 24.6 Å². The van der Waals surface area contributed by atoms with Crippen LogP contribution < -0.4 is 25.4 Å². The lowest BCUT2D eigenvalue weighted by Crippen LogP contribution is -2.47. The zero-order chi connectivity index (χ0) is 32.4. The number of halogens is 1. The number of ether oxygens (including phenoxy) is 2. The molecule has 0 saturated heterocycles. The molecular formula is C30H42FN5O7S. The van der Waals surface area contributed by atoms with Crippen molar-refractivity contribution in [2.75, 3.05) is 33.8 Å². The topological polar surface area (TPSA) is 146 Å². The van der Waals surface area contributed by atoms with Crippen LogP contribution in [0.25, 0.3) is 0 Å². The van der Waals surface area contributed by atoms with Crippen LogP contribution in [0.1, 0.15) is 62.4 Å². The number of fused-ring (bicyclic) bond motifs is 16. The number of hydrogen-bond acceptors (Lipinski definition) is 7. The Morgan fingerprint density at radius 1 is 1.07 bits per heavy atom. The van der Waals surface area contributed by atoms with E-state index in [-0.39, 0.29) is 67.9 Å². The molecular weight excluding hydrogens is 593 g/mol. The fourth-order valence-electron chi connectivity index (χ4n) is 4.45. The second kappa shape index (κ2) is 15.8. The second-order valence-electron chi connectivity index (χ2n) is 10.7. The van der Waals surface area contributed by atoms with Crippen molar-refractivity contribution < 1.29 is 36.7 Å². The molecule has 0 saturated carbocycles. The van der Waals surface area contributed by atoms with E-state index in [4.69, 9.17) is 9.47 Å². The van der Waals surface area contributed by atoms with Crippen molar-refractivity contribution in [1.29, 1.82) is 0 Å². The lowest BCUT2D eigenvalue weighted by molar-refractivity contribution is -0.129. The van der Waals surface area contributed by atoms with Gasteiger partial charge in [0.1, 0.15) is 6.04 Å². The van der Waals surface area contributed by atoms with E-state index < -0.39 is 39.8 Å². The lowest BCUT2D eigenvalue weighted by Gasteiger charge is -2.29. The number of rotatable bonds is 5. The number of carbonyl (C=O) groups is 3. The van der Waals surface area contributed by atoms with Gasteiger partial charge in [0, 0.05) is 51.3 Å². The van der Waals surface area contributed by atoms with Crippen LogP contribution in [0.4, 0.5) is 4.39 Å². The van der Waals surface area contributed by atoms with E-state index in [9.17, 15) is 27.2 Å². The van der Waals surface area contributed by atoms with Gasteiger partial charge in [-0.3, -0.25) is 14.4 Å². The van der Waals surface area contributed by atoms with Crippen LogP contribution in [-0.2, 0) is 26.3 Å². The van der Waals surface area contributed by atoms with Crippen molar-refractivity contribution >= 4 is 27.9 Å². The Kier molecular flexibility index (Phi) is 12.5. The Labute approximate surface area is 258 Å². The van der Waals surface area contributed by atoms with E-state index in [1.165, 1.54) is 53.1 Å². The van der Waals surface area contributed by atoms with Crippen molar-refractivity contribution in [3.63, 3.8) is 0 Å². The van der Waals surface area contributed by atoms with Gasteiger partial charge in [-0.1, -0.05) is 13.0 Å². The van der Waals surface area contributed by atoms with Crippen molar-refractivity contribution in [3.05, 3.63) is 53.3 Å². The molecule has 242 valence electrons. The first-order valence-electron chi connectivity index (χ1n) is 14.6. The quantitative estimate of drug-likeness (QED) is 0.458. The number of methoxy groups -OCH3 is 1. The predicted molar refractivity (Wildman–Crippen MR) is 163 cm³/mol. The normalized spacial score (nSPS) is 18.4. The van der Waals surface area contributed by atoms with Crippen LogP contribution in [0.5, 0.6) is 17.2 Å². The van der Waals surface area contributed by atoms with Crippen LogP contribution in [0.3, 0.4) is 0 Å². The Morgan fingerprint density at radius 3 is 2.45 bits per heavy atom. The summed E-state index contributed by atoms with van der Waals surface area (Å²) < 4.78 is 55.2. The molecule has 3 amide bonds. The summed E-state index contributed by atoms with van der Waals surface area (Å²) in [4.78, 5) is 38.4. The Hall–Kier alpha value is -3.75. The third kappa shape index (κ3) is 9.13. The third-order valence-electron chi connectivity index (χ3n) is 7.27. The van der Waals surface area contributed by atoms with Gasteiger partial charge in [0.05, 0.1) is 7.11 Å². The van der Waals surface area contributed by atoms with Gasteiger partial charge in [-0.05, 0) is 69.0 Å². The molecule has 2 aromatic carbocycles.